The molecule has 6 aromatic rings. The van der Waals surface area contributed by atoms with E-state index >= 15 is 0 Å². The highest BCUT2D eigenvalue weighted by atomic mass is 32.1. The topological polar surface area (TPSA) is 133 Å². The van der Waals surface area contributed by atoms with Crippen LogP contribution in [-0.2, 0) is 19.5 Å². The Balaban J connectivity index is 1.14. The van der Waals surface area contributed by atoms with Gasteiger partial charge in [0.1, 0.15) is 11.6 Å². The summed E-state index contributed by atoms with van der Waals surface area (Å²) in [5.74, 6) is -0.705. The monoisotopic (exact) mass is 602 g/mol. The van der Waals surface area contributed by atoms with Crippen molar-refractivity contribution in [2.75, 3.05) is 16.8 Å². The molecule has 1 aliphatic rings. The van der Waals surface area contributed by atoms with Gasteiger partial charge in [-0.2, -0.15) is 5.10 Å². The molecule has 0 bridgehead atoms. The average Bonchev–Trinajstić information content (AvgIpc) is 3.68. The van der Waals surface area contributed by atoms with Crippen molar-refractivity contribution < 1.29 is 19.8 Å². The summed E-state index contributed by atoms with van der Waals surface area (Å²) in [6, 6.07) is 24.0. The normalized spacial score (nSPS) is 12.7. The number of phenolic OH excluding ortho intramolecular Hbond substituents is 1. The second kappa shape index (κ2) is 11.3. The summed E-state index contributed by atoms with van der Waals surface area (Å²) >= 11 is 1.42. The number of fused-ring (bicyclic) bond motifs is 2. The van der Waals surface area contributed by atoms with Crippen LogP contribution >= 0.6 is 11.3 Å². The highest BCUT2D eigenvalue weighted by Gasteiger charge is 2.25. The van der Waals surface area contributed by atoms with Gasteiger partial charge in [0.25, 0.3) is 5.91 Å². The quantitative estimate of drug-likeness (QED) is 0.208. The molecule has 218 valence electrons. The van der Waals surface area contributed by atoms with Crippen molar-refractivity contribution in [2.45, 2.75) is 19.5 Å². The number of benzene rings is 3. The van der Waals surface area contributed by atoms with Crippen molar-refractivity contribution in [3.05, 3.63) is 119 Å². The van der Waals surface area contributed by atoms with Crippen LogP contribution in [0.3, 0.4) is 0 Å². The predicted octanol–water partition coefficient (Wildman–Crippen LogP) is 5.82. The van der Waals surface area contributed by atoms with Crippen molar-refractivity contribution in [3.8, 4) is 16.9 Å². The van der Waals surface area contributed by atoms with E-state index in [4.69, 9.17) is 0 Å². The molecular weight excluding hydrogens is 576 g/mol. The van der Waals surface area contributed by atoms with Crippen LogP contribution in [0.25, 0.3) is 21.3 Å². The molecule has 11 heteroatoms. The van der Waals surface area contributed by atoms with Crippen LogP contribution in [0.5, 0.6) is 5.75 Å². The van der Waals surface area contributed by atoms with Gasteiger partial charge in [-0.05, 0) is 53.9 Å². The number of carbonyl (C=O) groups excluding carboxylic acids is 1. The molecule has 0 unspecified atom stereocenters. The van der Waals surface area contributed by atoms with Crippen molar-refractivity contribution in [1.82, 2.24) is 19.7 Å². The smallest absolute Gasteiger partial charge is 0.355 e. The van der Waals surface area contributed by atoms with Gasteiger partial charge >= 0.3 is 5.97 Å². The van der Waals surface area contributed by atoms with Crippen LogP contribution in [0.15, 0.2) is 91.3 Å². The first-order valence-electron chi connectivity index (χ1n) is 14.0. The largest absolute Gasteiger partial charge is 0.508 e. The number of rotatable bonds is 7. The molecule has 0 spiro atoms. The van der Waals surface area contributed by atoms with E-state index in [0.29, 0.717) is 59.3 Å². The Hall–Kier alpha value is -5.55. The number of nitrogens with one attached hydrogen (secondary N) is 1. The van der Waals surface area contributed by atoms with E-state index in [1.165, 1.54) is 11.3 Å². The lowest BCUT2D eigenvalue weighted by Gasteiger charge is -2.31. The summed E-state index contributed by atoms with van der Waals surface area (Å²) in [7, 11) is 0. The molecule has 0 aliphatic carbocycles. The van der Waals surface area contributed by atoms with Gasteiger partial charge in [-0.3, -0.25) is 14.8 Å². The van der Waals surface area contributed by atoms with E-state index in [1.807, 2.05) is 53.4 Å². The molecule has 44 heavy (non-hydrogen) atoms. The summed E-state index contributed by atoms with van der Waals surface area (Å²) in [5, 5.41) is 28.1. The minimum atomic E-state index is -1.15. The van der Waals surface area contributed by atoms with Gasteiger partial charge in [0.15, 0.2) is 10.8 Å². The average molecular weight is 603 g/mol. The number of carbonyl (C=O) groups is 2. The first-order chi connectivity index (χ1) is 21.4. The van der Waals surface area contributed by atoms with E-state index in [-0.39, 0.29) is 17.4 Å². The highest BCUT2D eigenvalue weighted by molar-refractivity contribution is 7.22. The summed E-state index contributed by atoms with van der Waals surface area (Å²) in [6.45, 7) is 1.37. The number of carboxylic acid groups (broad SMARTS) is 1. The van der Waals surface area contributed by atoms with E-state index < -0.39 is 5.97 Å². The van der Waals surface area contributed by atoms with E-state index in [9.17, 15) is 19.8 Å². The van der Waals surface area contributed by atoms with Crippen LogP contribution in [0, 0.1) is 0 Å². The standard InChI is InChI=1S/C33H26N6O4S/c40-27-10-3-1-6-21(27)17-39-18-22(16-34-39)23-12-13-29(36-30(23)32(42)43)38-15-14-20-7-5-8-24(25(20)19-38)31(41)37-33-35-26-9-2-4-11-28(26)44-33/h1-13,16,18,40H,14-15,17,19H2,(H,42,43)(H,35,37,41). The van der Waals surface area contributed by atoms with E-state index in [2.05, 4.69) is 20.4 Å². The number of hydrogen-bond donors (Lipinski definition) is 3. The fraction of sp³-hybridized carbons (Fsp3) is 0.121. The fourth-order valence-electron chi connectivity index (χ4n) is 5.51. The Morgan fingerprint density at radius 2 is 1.80 bits per heavy atom. The summed E-state index contributed by atoms with van der Waals surface area (Å²) < 4.78 is 2.64. The zero-order chi connectivity index (χ0) is 30.2. The van der Waals surface area contributed by atoms with E-state index in [1.54, 1.807) is 47.4 Å². The number of thiazole rings is 1. The van der Waals surface area contributed by atoms with E-state index in [0.717, 1.165) is 21.3 Å². The molecule has 10 nitrogen and oxygen atoms in total. The van der Waals surface area contributed by atoms with Crippen LogP contribution < -0.4 is 10.2 Å². The highest BCUT2D eigenvalue weighted by Crippen LogP contribution is 2.31. The third-order valence-electron chi connectivity index (χ3n) is 7.71. The number of amides is 1. The molecular formula is C33H26N6O4S. The van der Waals surface area contributed by atoms with Crippen molar-refractivity contribution in [2.24, 2.45) is 0 Å². The van der Waals surface area contributed by atoms with Crippen LogP contribution in [0.2, 0.25) is 0 Å². The third kappa shape index (κ3) is 5.25. The van der Waals surface area contributed by atoms with Gasteiger partial charge in [0.05, 0.1) is 23.0 Å². The number of pyridine rings is 1. The minimum Gasteiger partial charge on any atom is -0.508 e. The maximum atomic E-state index is 13.4. The Morgan fingerprint density at radius 3 is 2.64 bits per heavy atom. The van der Waals surface area contributed by atoms with Gasteiger partial charge in [-0.1, -0.05) is 53.8 Å². The van der Waals surface area contributed by atoms with Crippen molar-refractivity contribution >= 4 is 44.4 Å². The zero-order valence-corrected chi connectivity index (χ0v) is 24.2. The zero-order valence-electron chi connectivity index (χ0n) is 23.3. The first kappa shape index (κ1) is 27.3. The maximum Gasteiger partial charge on any atom is 0.355 e. The lowest BCUT2D eigenvalue weighted by atomic mass is 9.94. The third-order valence-corrected chi connectivity index (χ3v) is 8.66. The summed E-state index contributed by atoms with van der Waals surface area (Å²) in [4.78, 5) is 36.8. The number of aromatic nitrogens is 4. The number of hydrogen-bond acceptors (Lipinski definition) is 8. The van der Waals surface area contributed by atoms with Gasteiger partial charge in [-0.15, -0.1) is 0 Å². The lowest BCUT2D eigenvalue weighted by Crippen LogP contribution is -2.33. The number of aromatic carboxylic acids is 1. The molecule has 0 atom stereocenters. The summed E-state index contributed by atoms with van der Waals surface area (Å²) in [6.07, 6.45) is 4.02. The van der Waals surface area contributed by atoms with Crippen molar-refractivity contribution in [3.63, 3.8) is 0 Å². The van der Waals surface area contributed by atoms with Crippen LogP contribution in [0.1, 0.15) is 37.5 Å². The molecule has 0 radical (unpaired) electrons. The van der Waals surface area contributed by atoms with Gasteiger partial charge in [-0.25, -0.2) is 14.8 Å². The number of nitrogens with zero attached hydrogens (tertiary/aromatic N) is 5. The fourth-order valence-corrected chi connectivity index (χ4v) is 6.37. The first-order valence-corrected chi connectivity index (χ1v) is 14.8. The van der Waals surface area contributed by atoms with Gasteiger partial charge in [0, 0.05) is 41.5 Å². The molecule has 1 aliphatic heterocycles. The second-order valence-corrected chi connectivity index (χ2v) is 11.5. The molecule has 3 aromatic heterocycles. The predicted molar refractivity (Wildman–Crippen MR) is 168 cm³/mol. The SMILES string of the molecule is O=C(Nc1nc2ccccc2s1)c1cccc2c1CN(c1ccc(-c3cnn(Cc4ccccc4O)c3)c(C(=O)O)n1)CC2. The van der Waals surface area contributed by atoms with Crippen LogP contribution in [0.4, 0.5) is 10.9 Å². The number of aromatic hydroxyl groups is 1. The summed E-state index contributed by atoms with van der Waals surface area (Å²) in [5.41, 5.74) is 5.01. The van der Waals surface area contributed by atoms with Crippen LogP contribution in [-0.4, -0.2) is 48.4 Å². The molecule has 3 N–H and O–H groups in total. The molecule has 4 heterocycles. The lowest BCUT2D eigenvalue weighted by molar-refractivity contribution is 0.0691. The molecule has 3 aromatic carbocycles. The second-order valence-electron chi connectivity index (χ2n) is 10.5. The molecule has 0 fully saturated rings. The number of para-hydroxylation sites is 2. The number of phenols is 1. The Labute approximate surface area is 255 Å². The molecule has 1 amide bonds. The maximum absolute atomic E-state index is 13.4. The minimum absolute atomic E-state index is 0.0859. The molecule has 0 saturated heterocycles. The molecule has 7 rings (SSSR count). The number of carboxylic acids is 1. The Bertz CT molecular complexity index is 2020. The number of anilines is 2. The molecule has 0 saturated carbocycles. The Kier molecular flexibility index (Phi) is 6.99. The van der Waals surface area contributed by atoms with Crippen molar-refractivity contribution in [1.29, 1.82) is 0 Å². The Morgan fingerprint density at radius 1 is 0.955 bits per heavy atom. The van der Waals surface area contributed by atoms with Gasteiger partial charge in [0.2, 0.25) is 0 Å². The van der Waals surface area contributed by atoms with Gasteiger partial charge < -0.3 is 15.1 Å².